The van der Waals surface area contributed by atoms with Crippen LogP contribution in [0.15, 0.2) is 47.4 Å². The molecule has 4 rings (SSSR count). The Balaban J connectivity index is 1.33. The highest BCUT2D eigenvalue weighted by Gasteiger charge is 2.32. The summed E-state index contributed by atoms with van der Waals surface area (Å²) in [5, 5.41) is 5.17. The van der Waals surface area contributed by atoms with E-state index >= 15 is 0 Å². The lowest BCUT2D eigenvalue weighted by Crippen LogP contribution is -3.15. The number of rotatable bonds is 5. The molecule has 2 aromatic rings. The Bertz CT molecular complexity index is 1000. The summed E-state index contributed by atoms with van der Waals surface area (Å²) in [6.07, 6.45) is 4.70. The molecule has 0 unspecified atom stereocenters. The highest BCUT2D eigenvalue weighted by atomic mass is 32.2. The van der Waals surface area contributed by atoms with Crippen molar-refractivity contribution in [3.05, 3.63) is 42.5 Å². The van der Waals surface area contributed by atoms with Crippen LogP contribution in [0.25, 0.3) is 10.8 Å². The van der Waals surface area contributed by atoms with Crippen LogP contribution in [0.2, 0.25) is 0 Å². The van der Waals surface area contributed by atoms with Crippen molar-refractivity contribution in [3.8, 4) is 0 Å². The number of piperazine rings is 1. The summed E-state index contributed by atoms with van der Waals surface area (Å²) in [5.41, 5.74) is 0. The van der Waals surface area contributed by atoms with Gasteiger partial charge >= 0.3 is 0 Å². The van der Waals surface area contributed by atoms with Crippen LogP contribution in [0.4, 0.5) is 0 Å². The number of hydrogen-bond donors (Lipinski definition) is 2. The molecule has 2 aliphatic rings. The molecule has 0 spiro atoms. The quantitative estimate of drug-likeness (QED) is 0.754. The monoisotopic (exact) mass is 430 g/mol. The second kappa shape index (κ2) is 9.04. The van der Waals surface area contributed by atoms with Crippen molar-refractivity contribution in [2.75, 3.05) is 32.7 Å². The smallest absolute Gasteiger partial charge is 0.275 e. The van der Waals surface area contributed by atoms with E-state index in [0.717, 1.165) is 22.1 Å². The van der Waals surface area contributed by atoms with E-state index in [1.165, 1.54) is 19.3 Å². The van der Waals surface area contributed by atoms with E-state index in [9.17, 15) is 13.2 Å². The zero-order chi connectivity index (χ0) is 21.1. The standard InChI is InChI=1S/C23H31N3O3S/c1-18-6-2-5-9-22(18)24-23(27)17-25-12-14-26(15-13-25)30(28,29)21-11-10-19-7-3-4-8-20(19)16-21/h3-4,7-8,10-11,16,18,22H,2,5-6,9,12-15,17H2,1H3,(H,24,27)/p+1/t18-,22+/m1/s1. The molecule has 6 nitrogen and oxygen atoms in total. The first-order chi connectivity index (χ1) is 14.4. The number of benzene rings is 2. The molecule has 1 saturated carbocycles. The number of fused-ring (bicyclic) bond motifs is 1. The van der Waals surface area contributed by atoms with E-state index in [4.69, 9.17) is 0 Å². The molecule has 7 heteroatoms. The fourth-order valence-corrected chi connectivity index (χ4v) is 6.19. The Morgan fingerprint density at radius 1 is 1.07 bits per heavy atom. The number of nitrogens with zero attached hydrogens (tertiary/aromatic N) is 1. The zero-order valence-electron chi connectivity index (χ0n) is 17.6. The van der Waals surface area contributed by atoms with Gasteiger partial charge in [0.1, 0.15) is 0 Å². The molecule has 1 aliphatic carbocycles. The molecule has 0 aromatic heterocycles. The SMILES string of the molecule is C[C@@H]1CCCC[C@@H]1NC(=O)C[NH+]1CCN(S(=O)(=O)c2ccc3ccccc3c2)CC1. The van der Waals surface area contributed by atoms with E-state index < -0.39 is 10.0 Å². The number of sulfonamides is 1. The predicted molar refractivity (Wildman–Crippen MR) is 118 cm³/mol. The van der Waals surface area contributed by atoms with E-state index in [1.54, 1.807) is 16.4 Å². The average Bonchev–Trinajstić information content (AvgIpc) is 2.75. The summed E-state index contributed by atoms with van der Waals surface area (Å²) >= 11 is 0. The van der Waals surface area contributed by atoms with Crippen LogP contribution in [0, 0.1) is 5.92 Å². The first-order valence-corrected chi connectivity index (χ1v) is 12.5. The zero-order valence-corrected chi connectivity index (χ0v) is 18.5. The lowest BCUT2D eigenvalue weighted by Gasteiger charge is -2.33. The third-order valence-corrected chi connectivity index (χ3v) is 8.55. The van der Waals surface area contributed by atoms with Gasteiger partial charge in [-0.25, -0.2) is 8.42 Å². The normalized spacial score (nSPS) is 24.0. The van der Waals surface area contributed by atoms with Gasteiger partial charge < -0.3 is 10.2 Å². The largest absolute Gasteiger partial charge is 0.348 e. The highest BCUT2D eigenvalue weighted by molar-refractivity contribution is 7.89. The Hall–Kier alpha value is -1.96. The maximum absolute atomic E-state index is 13.1. The van der Waals surface area contributed by atoms with Crippen molar-refractivity contribution >= 4 is 26.7 Å². The fourth-order valence-electron chi connectivity index (χ4n) is 4.71. The molecule has 1 heterocycles. The summed E-state index contributed by atoms with van der Waals surface area (Å²) in [4.78, 5) is 14.0. The van der Waals surface area contributed by atoms with Gasteiger partial charge in [-0.15, -0.1) is 0 Å². The molecule has 2 atom stereocenters. The maximum atomic E-state index is 13.1. The van der Waals surface area contributed by atoms with Gasteiger partial charge in [-0.3, -0.25) is 4.79 Å². The Kier molecular flexibility index (Phi) is 6.41. The van der Waals surface area contributed by atoms with Crippen molar-refractivity contribution in [1.82, 2.24) is 9.62 Å². The maximum Gasteiger partial charge on any atom is 0.275 e. The molecule has 162 valence electrons. The molecule has 30 heavy (non-hydrogen) atoms. The van der Waals surface area contributed by atoms with Crippen molar-refractivity contribution in [2.24, 2.45) is 5.92 Å². The molecular formula is C23H32N3O3S+. The minimum Gasteiger partial charge on any atom is -0.348 e. The number of quaternary nitrogens is 1. The summed E-state index contributed by atoms with van der Waals surface area (Å²) in [6, 6.07) is 13.4. The third kappa shape index (κ3) is 4.68. The fraction of sp³-hybridized carbons (Fsp3) is 0.522. The highest BCUT2D eigenvalue weighted by Crippen LogP contribution is 2.24. The molecular weight excluding hydrogens is 398 g/mol. The Morgan fingerprint density at radius 3 is 2.50 bits per heavy atom. The minimum absolute atomic E-state index is 0.0922. The first-order valence-electron chi connectivity index (χ1n) is 11.1. The van der Waals surface area contributed by atoms with Gasteiger partial charge in [0.15, 0.2) is 6.54 Å². The second-order valence-electron chi connectivity index (χ2n) is 8.78. The first kappa shape index (κ1) is 21.3. The Labute approximate surface area is 179 Å². The lowest BCUT2D eigenvalue weighted by molar-refractivity contribution is -0.895. The summed E-state index contributed by atoms with van der Waals surface area (Å²) in [7, 11) is -3.52. The van der Waals surface area contributed by atoms with Gasteiger partial charge in [-0.05, 0) is 41.7 Å². The van der Waals surface area contributed by atoms with Crippen molar-refractivity contribution in [2.45, 2.75) is 43.5 Å². The van der Waals surface area contributed by atoms with Crippen LogP contribution >= 0.6 is 0 Å². The van der Waals surface area contributed by atoms with Crippen LogP contribution in [-0.4, -0.2) is 57.4 Å². The summed E-state index contributed by atoms with van der Waals surface area (Å²) in [6.45, 7) is 4.83. The summed E-state index contributed by atoms with van der Waals surface area (Å²) in [5.74, 6) is 0.635. The van der Waals surface area contributed by atoms with E-state index in [2.05, 4.69) is 12.2 Å². The van der Waals surface area contributed by atoms with Crippen molar-refractivity contribution in [1.29, 1.82) is 0 Å². The van der Waals surface area contributed by atoms with Crippen LogP contribution < -0.4 is 10.2 Å². The van der Waals surface area contributed by atoms with Crippen LogP contribution in [-0.2, 0) is 14.8 Å². The Morgan fingerprint density at radius 2 is 1.77 bits per heavy atom. The number of nitrogens with one attached hydrogen (secondary N) is 2. The van der Waals surface area contributed by atoms with Crippen molar-refractivity contribution in [3.63, 3.8) is 0 Å². The van der Waals surface area contributed by atoms with Gasteiger partial charge in [-0.1, -0.05) is 50.1 Å². The molecule has 2 N–H and O–H groups in total. The predicted octanol–water partition coefficient (Wildman–Crippen LogP) is 1.42. The van der Waals surface area contributed by atoms with Crippen LogP contribution in [0.5, 0.6) is 0 Å². The molecule has 0 radical (unpaired) electrons. The van der Waals surface area contributed by atoms with Gasteiger partial charge in [0.25, 0.3) is 5.91 Å². The average molecular weight is 431 g/mol. The molecule has 0 bridgehead atoms. The van der Waals surface area contributed by atoms with Gasteiger partial charge in [0.05, 0.1) is 31.1 Å². The molecule has 1 saturated heterocycles. The van der Waals surface area contributed by atoms with Gasteiger partial charge in [0.2, 0.25) is 10.0 Å². The van der Waals surface area contributed by atoms with Gasteiger partial charge in [0, 0.05) is 6.04 Å². The van der Waals surface area contributed by atoms with E-state index in [1.807, 2.05) is 30.3 Å². The number of hydrogen-bond acceptors (Lipinski definition) is 3. The molecule has 1 aliphatic heterocycles. The summed E-state index contributed by atoms with van der Waals surface area (Å²) < 4.78 is 27.7. The minimum atomic E-state index is -3.52. The molecule has 2 fully saturated rings. The topological polar surface area (TPSA) is 70.9 Å². The number of amides is 1. The second-order valence-corrected chi connectivity index (χ2v) is 10.7. The van der Waals surface area contributed by atoms with E-state index in [-0.39, 0.29) is 5.91 Å². The van der Waals surface area contributed by atoms with Crippen LogP contribution in [0.3, 0.4) is 0 Å². The van der Waals surface area contributed by atoms with E-state index in [0.29, 0.717) is 49.6 Å². The van der Waals surface area contributed by atoms with Crippen molar-refractivity contribution < 1.29 is 18.1 Å². The van der Waals surface area contributed by atoms with Crippen LogP contribution in [0.1, 0.15) is 32.6 Å². The number of carbonyl (C=O) groups excluding carboxylic acids is 1. The third-order valence-electron chi connectivity index (χ3n) is 6.66. The molecule has 1 amide bonds. The lowest BCUT2D eigenvalue weighted by atomic mass is 9.86. The van der Waals surface area contributed by atoms with Gasteiger partial charge in [-0.2, -0.15) is 4.31 Å². The molecule has 2 aromatic carbocycles. The number of carbonyl (C=O) groups is 1.